The Hall–Kier alpha value is -1.32. The fourth-order valence-corrected chi connectivity index (χ4v) is 7.43. The Morgan fingerprint density at radius 3 is 2.91 bits per heavy atom. The highest BCUT2D eigenvalue weighted by Crippen LogP contribution is 2.38. The van der Waals surface area contributed by atoms with Crippen molar-refractivity contribution in [3.8, 4) is 0 Å². The summed E-state index contributed by atoms with van der Waals surface area (Å²) in [4.78, 5) is 25.0. The molecule has 3 rings (SSSR count). The number of methoxy groups -OCH3 is 1. The van der Waals surface area contributed by atoms with Crippen molar-refractivity contribution >= 4 is 56.7 Å². The first kappa shape index (κ1) is 26.3. The van der Waals surface area contributed by atoms with Gasteiger partial charge in [-0.1, -0.05) is 30.4 Å². The number of thioether (sulfide) groups is 2. The van der Waals surface area contributed by atoms with Crippen LogP contribution in [0.15, 0.2) is 42.5 Å². The average molecular weight is 509 g/mol. The van der Waals surface area contributed by atoms with E-state index < -0.39 is 6.10 Å². The minimum absolute atomic E-state index is 0.0231. The van der Waals surface area contributed by atoms with Gasteiger partial charge in [0.2, 0.25) is 0 Å². The molecule has 0 aliphatic heterocycles. The Labute approximate surface area is 208 Å². The zero-order valence-corrected chi connectivity index (χ0v) is 21.3. The van der Waals surface area contributed by atoms with E-state index in [1.54, 1.807) is 29.2 Å². The van der Waals surface area contributed by atoms with Gasteiger partial charge in [0.1, 0.15) is 5.78 Å². The van der Waals surface area contributed by atoms with E-state index in [0.29, 0.717) is 18.6 Å². The van der Waals surface area contributed by atoms with Crippen LogP contribution in [0.2, 0.25) is 0 Å². The van der Waals surface area contributed by atoms with Crippen molar-refractivity contribution in [2.45, 2.75) is 37.0 Å². The molecule has 2 N–H and O–H groups in total. The Balaban J connectivity index is 1.47. The fraction of sp³-hybridized carbons (Fsp3) is 0.520. The molecular weight excluding hydrogens is 476 g/mol. The molecule has 5 nitrogen and oxygen atoms in total. The lowest BCUT2D eigenvalue weighted by Crippen LogP contribution is -2.21. The molecular formula is C25H32O5S3. The van der Waals surface area contributed by atoms with Crippen LogP contribution < -0.4 is 0 Å². The number of hydrogen-bond acceptors (Lipinski definition) is 8. The van der Waals surface area contributed by atoms with Gasteiger partial charge in [0, 0.05) is 28.5 Å². The number of esters is 1. The molecule has 4 atom stereocenters. The maximum absolute atomic E-state index is 12.5. The van der Waals surface area contributed by atoms with E-state index in [0.717, 1.165) is 24.3 Å². The summed E-state index contributed by atoms with van der Waals surface area (Å²) in [6.45, 7) is -0.0231. The molecule has 1 heterocycles. The number of carbonyl (C=O) groups is 2. The maximum atomic E-state index is 12.5. The van der Waals surface area contributed by atoms with Crippen LogP contribution in [0.5, 0.6) is 0 Å². The molecule has 1 aromatic carbocycles. The van der Waals surface area contributed by atoms with Gasteiger partial charge in [-0.15, -0.1) is 23.1 Å². The molecule has 0 saturated heterocycles. The second kappa shape index (κ2) is 13.5. The van der Waals surface area contributed by atoms with Gasteiger partial charge in [-0.05, 0) is 54.2 Å². The largest absolute Gasteiger partial charge is 0.468 e. The molecule has 1 saturated carbocycles. The Morgan fingerprint density at radius 2 is 2.15 bits per heavy atom. The molecule has 180 valence electrons. The van der Waals surface area contributed by atoms with Gasteiger partial charge in [-0.3, -0.25) is 9.59 Å². The van der Waals surface area contributed by atoms with Crippen molar-refractivity contribution in [1.82, 2.24) is 0 Å². The molecule has 0 amide bonds. The number of rotatable bonds is 13. The molecule has 1 aliphatic carbocycles. The number of ether oxygens (including phenoxy) is 1. The summed E-state index contributed by atoms with van der Waals surface area (Å²) in [6.07, 6.45) is 5.89. The van der Waals surface area contributed by atoms with Crippen molar-refractivity contribution in [1.29, 1.82) is 0 Å². The summed E-state index contributed by atoms with van der Waals surface area (Å²) in [6, 6.07) is 10.5. The summed E-state index contributed by atoms with van der Waals surface area (Å²) in [5, 5.41) is 21.3. The highest BCUT2D eigenvalue weighted by Gasteiger charge is 2.40. The van der Waals surface area contributed by atoms with Gasteiger partial charge in [0.25, 0.3) is 0 Å². The fourth-order valence-electron chi connectivity index (χ4n) is 4.01. The minimum atomic E-state index is -0.578. The molecule has 1 aliphatic rings. The number of hydrogen-bond donors (Lipinski definition) is 2. The SMILES string of the molecule is COC(=O)CSCCCS[C@H]1C(=O)C[C@@H](CO)[C@@H]1C=C[C@H](O)CCc1cc2ccccc2s1. The number of Topliss-reactive ketones (excluding diaryl/α,β-unsaturated/α-hetero) is 1. The van der Waals surface area contributed by atoms with Crippen molar-refractivity contribution in [2.75, 3.05) is 31.0 Å². The number of aliphatic hydroxyl groups excluding tert-OH is 2. The van der Waals surface area contributed by atoms with E-state index in [-0.39, 0.29) is 35.4 Å². The number of thiophene rings is 1. The van der Waals surface area contributed by atoms with E-state index in [4.69, 9.17) is 0 Å². The van der Waals surface area contributed by atoms with E-state index in [1.165, 1.54) is 33.8 Å². The Morgan fingerprint density at radius 1 is 1.33 bits per heavy atom. The molecule has 0 unspecified atom stereocenters. The van der Waals surface area contributed by atoms with E-state index in [1.807, 2.05) is 18.2 Å². The lowest BCUT2D eigenvalue weighted by atomic mass is 9.95. The van der Waals surface area contributed by atoms with Crippen LogP contribution in [-0.4, -0.2) is 64.3 Å². The average Bonchev–Trinajstić information content (AvgIpc) is 3.38. The van der Waals surface area contributed by atoms with Crippen LogP contribution in [0.3, 0.4) is 0 Å². The van der Waals surface area contributed by atoms with Crippen molar-refractivity contribution in [2.24, 2.45) is 11.8 Å². The van der Waals surface area contributed by atoms with Gasteiger partial charge >= 0.3 is 5.97 Å². The van der Waals surface area contributed by atoms with Crippen LogP contribution in [0.1, 0.15) is 24.1 Å². The third-order valence-corrected chi connectivity index (χ3v) is 9.46. The van der Waals surface area contributed by atoms with Crippen LogP contribution >= 0.6 is 34.9 Å². The molecule has 2 aromatic rings. The summed E-state index contributed by atoms with van der Waals surface area (Å²) < 4.78 is 5.89. The first-order valence-corrected chi connectivity index (χ1v) is 14.3. The van der Waals surface area contributed by atoms with Gasteiger partial charge in [-0.25, -0.2) is 0 Å². The first-order valence-electron chi connectivity index (χ1n) is 11.3. The monoisotopic (exact) mass is 508 g/mol. The van der Waals surface area contributed by atoms with Crippen LogP contribution in [-0.2, 0) is 20.7 Å². The molecule has 0 bridgehead atoms. The zero-order valence-electron chi connectivity index (χ0n) is 18.9. The smallest absolute Gasteiger partial charge is 0.315 e. The Bertz CT molecular complexity index is 908. The number of carbonyl (C=O) groups excluding carboxylic acids is 2. The molecule has 8 heteroatoms. The topological polar surface area (TPSA) is 83.8 Å². The molecule has 0 spiro atoms. The van der Waals surface area contributed by atoms with Gasteiger partial charge in [-0.2, -0.15) is 11.8 Å². The quantitative estimate of drug-likeness (QED) is 0.236. The second-order valence-corrected chi connectivity index (χ2v) is 11.7. The van der Waals surface area contributed by atoms with Crippen molar-refractivity contribution in [3.63, 3.8) is 0 Å². The van der Waals surface area contributed by atoms with E-state index in [9.17, 15) is 19.8 Å². The second-order valence-electron chi connectivity index (χ2n) is 8.21. The third kappa shape index (κ3) is 7.86. The van der Waals surface area contributed by atoms with Crippen molar-refractivity contribution in [3.05, 3.63) is 47.4 Å². The first-order chi connectivity index (χ1) is 16.0. The van der Waals surface area contributed by atoms with Crippen molar-refractivity contribution < 1.29 is 24.5 Å². The number of ketones is 1. The molecule has 1 aromatic heterocycles. The predicted molar refractivity (Wildman–Crippen MR) is 139 cm³/mol. The number of allylic oxidation sites excluding steroid dienone is 1. The maximum Gasteiger partial charge on any atom is 0.315 e. The minimum Gasteiger partial charge on any atom is -0.468 e. The lowest BCUT2D eigenvalue weighted by Gasteiger charge is -2.19. The summed E-state index contributed by atoms with van der Waals surface area (Å²) >= 11 is 4.92. The molecule has 0 radical (unpaired) electrons. The van der Waals surface area contributed by atoms with Gasteiger partial charge in [0.15, 0.2) is 0 Å². The number of aryl methyl sites for hydroxylation is 1. The number of fused-ring (bicyclic) bond motifs is 1. The highest BCUT2D eigenvalue weighted by atomic mass is 32.2. The van der Waals surface area contributed by atoms with E-state index >= 15 is 0 Å². The number of aliphatic hydroxyl groups is 2. The van der Waals surface area contributed by atoms with Crippen LogP contribution in [0, 0.1) is 11.8 Å². The lowest BCUT2D eigenvalue weighted by molar-refractivity contribution is -0.137. The summed E-state index contributed by atoms with van der Waals surface area (Å²) in [5.41, 5.74) is 0. The van der Waals surface area contributed by atoms with Gasteiger partial charge in [0.05, 0.1) is 24.2 Å². The number of benzene rings is 1. The molecule has 1 fully saturated rings. The third-order valence-electron chi connectivity index (χ3n) is 5.81. The zero-order chi connectivity index (χ0) is 23.6. The van der Waals surface area contributed by atoms with Crippen LogP contribution in [0.4, 0.5) is 0 Å². The highest BCUT2D eigenvalue weighted by molar-refractivity contribution is 8.01. The predicted octanol–water partition coefficient (Wildman–Crippen LogP) is 4.35. The molecule has 33 heavy (non-hydrogen) atoms. The summed E-state index contributed by atoms with van der Waals surface area (Å²) in [5.74, 6) is 1.81. The Kier molecular flexibility index (Phi) is 10.8. The standard InChI is InChI=1S/C25H32O5S3/c1-30-24(29)16-31-11-4-12-32-25-21(18(15-26)14-22(25)28)10-8-19(27)7-9-20-13-17-5-2-3-6-23(17)33-20/h2-3,5-6,8,10,13,18-19,21,25-27H,4,7,9,11-12,14-16H2,1H3/t18-,19+,21-,25+/m0/s1. The summed E-state index contributed by atoms with van der Waals surface area (Å²) in [7, 11) is 1.39. The van der Waals surface area contributed by atoms with E-state index in [2.05, 4.69) is 22.9 Å². The van der Waals surface area contributed by atoms with Crippen LogP contribution in [0.25, 0.3) is 10.1 Å². The van der Waals surface area contributed by atoms with Gasteiger partial charge < -0.3 is 14.9 Å². The normalized spacial score (nSPS) is 21.8.